The molecule has 0 radical (unpaired) electrons. The molecule has 1 aromatic rings. The van der Waals surface area contributed by atoms with Crippen molar-refractivity contribution in [3.05, 3.63) is 29.8 Å². The zero-order chi connectivity index (χ0) is 15.5. The third-order valence-corrected chi connectivity index (χ3v) is 4.26. The van der Waals surface area contributed by atoms with Crippen molar-refractivity contribution in [1.29, 1.82) is 0 Å². The first-order valence-electron chi connectivity index (χ1n) is 7.99. The van der Waals surface area contributed by atoms with Gasteiger partial charge in [0.15, 0.2) is 0 Å². The molecule has 3 heteroatoms. The highest BCUT2D eigenvalue weighted by Gasteiger charge is 2.21. The van der Waals surface area contributed by atoms with Gasteiger partial charge >= 0.3 is 0 Å². The molecule has 0 bridgehead atoms. The first-order valence-corrected chi connectivity index (χ1v) is 7.99. The number of carbonyl (C=O) groups is 1. The van der Waals surface area contributed by atoms with E-state index in [0.29, 0.717) is 12.1 Å². The van der Waals surface area contributed by atoms with Crippen LogP contribution in [0.3, 0.4) is 0 Å². The van der Waals surface area contributed by atoms with E-state index in [4.69, 9.17) is 0 Å². The number of carbonyl (C=O) groups excluding carboxylic acids is 1. The number of rotatable bonds is 3. The Balaban J connectivity index is 1.85. The van der Waals surface area contributed by atoms with Gasteiger partial charge in [0.05, 0.1) is 0 Å². The van der Waals surface area contributed by atoms with Gasteiger partial charge in [0.2, 0.25) is 5.91 Å². The van der Waals surface area contributed by atoms with Crippen LogP contribution in [0, 0.1) is 0 Å². The summed E-state index contributed by atoms with van der Waals surface area (Å²) in [4.78, 5) is 11.1. The number of hydrogen-bond acceptors (Lipinski definition) is 2. The SMILES string of the molecule is CC(=O)NC1CCC(Nc2ccc(C(C)(C)C)cc2)CC1. The van der Waals surface area contributed by atoms with Crippen LogP contribution in [-0.2, 0) is 10.2 Å². The van der Waals surface area contributed by atoms with E-state index in [1.807, 2.05) is 0 Å². The fourth-order valence-electron chi connectivity index (χ4n) is 2.97. The Morgan fingerprint density at radius 2 is 1.52 bits per heavy atom. The molecule has 0 atom stereocenters. The lowest BCUT2D eigenvalue weighted by atomic mass is 9.87. The van der Waals surface area contributed by atoms with Crippen molar-refractivity contribution in [2.45, 2.75) is 70.9 Å². The molecule has 0 heterocycles. The normalized spacial score (nSPS) is 22.7. The lowest BCUT2D eigenvalue weighted by Gasteiger charge is -2.30. The van der Waals surface area contributed by atoms with Gasteiger partial charge in [0.25, 0.3) is 0 Å². The highest BCUT2D eigenvalue weighted by molar-refractivity contribution is 5.73. The Hall–Kier alpha value is -1.51. The molecule has 2 N–H and O–H groups in total. The van der Waals surface area contributed by atoms with Gasteiger partial charge < -0.3 is 10.6 Å². The molecule has 1 saturated carbocycles. The van der Waals surface area contributed by atoms with Crippen LogP contribution >= 0.6 is 0 Å². The smallest absolute Gasteiger partial charge is 0.217 e. The molecular weight excluding hydrogens is 260 g/mol. The van der Waals surface area contributed by atoms with E-state index in [-0.39, 0.29) is 11.3 Å². The molecule has 0 aliphatic heterocycles. The van der Waals surface area contributed by atoms with Gasteiger partial charge in [0.1, 0.15) is 0 Å². The third-order valence-electron chi connectivity index (χ3n) is 4.26. The fraction of sp³-hybridized carbons (Fsp3) is 0.611. The van der Waals surface area contributed by atoms with E-state index < -0.39 is 0 Å². The van der Waals surface area contributed by atoms with E-state index in [9.17, 15) is 4.79 Å². The minimum atomic E-state index is 0.0872. The van der Waals surface area contributed by atoms with Crippen LogP contribution in [0.25, 0.3) is 0 Å². The maximum Gasteiger partial charge on any atom is 0.217 e. The lowest BCUT2D eigenvalue weighted by molar-refractivity contribution is -0.119. The molecule has 1 aliphatic rings. The molecule has 0 unspecified atom stereocenters. The van der Waals surface area contributed by atoms with Crippen molar-refractivity contribution >= 4 is 11.6 Å². The van der Waals surface area contributed by atoms with Crippen molar-refractivity contribution < 1.29 is 4.79 Å². The second kappa shape index (κ2) is 6.50. The summed E-state index contributed by atoms with van der Waals surface area (Å²) in [6, 6.07) is 9.68. The summed E-state index contributed by atoms with van der Waals surface area (Å²) < 4.78 is 0. The van der Waals surface area contributed by atoms with Gasteiger partial charge in [-0.15, -0.1) is 0 Å². The maximum absolute atomic E-state index is 11.1. The van der Waals surface area contributed by atoms with Crippen LogP contribution in [0.5, 0.6) is 0 Å². The van der Waals surface area contributed by atoms with Gasteiger partial charge in [-0.3, -0.25) is 4.79 Å². The van der Waals surface area contributed by atoms with E-state index >= 15 is 0 Å². The van der Waals surface area contributed by atoms with Gasteiger partial charge in [-0.05, 0) is 48.8 Å². The molecule has 116 valence electrons. The Morgan fingerprint density at radius 3 is 2.00 bits per heavy atom. The van der Waals surface area contributed by atoms with E-state index in [2.05, 4.69) is 55.7 Å². The highest BCUT2D eigenvalue weighted by Crippen LogP contribution is 2.26. The predicted molar refractivity (Wildman–Crippen MR) is 88.6 cm³/mol. The van der Waals surface area contributed by atoms with E-state index in [0.717, 1.165) is 25.7 Å². The first kappa shape index (κ1) is 15.9. The molecular formula is C18H28N2O. The molecule has 1 fully saturated rings. The van der Waals surface area contributed by atoms with Crippen molar-refractivity contribution in [2.24, 2.45) is 0 Å². The van der Waals surface area contributed by atoms with Crippen LogP contribution in [0.15, 0.2) is 24.3 Å². The van der Waals surface area contributed by atoms with Crippen molar-refractivity contribution in [1.82, 2.24) is 5.32 Å². The molecule has 3 nitrogen and oxygen atoms in total. The summed E-state index contributed by atoms with van der Waals surface area (Å²) >= 11 is 0. The molecule has 1 aliphatic carbocycles. The van der Waals surface area contributed by atoms with Crippen LogP contribution in [-0.4, -0.2) is 18.0 Å². The second-order valence-corrected chi connectivity index (χ2v) is 7.22. The Bertz CT molecular complexity index is 465. The topological polar surface area (TPSA) is 41.1 Å². The van der Waals surface area contributed by atoms with Gasteiger partial charge in [0, 0.05) is 24.7 Å². The van der Waals surface area contributed by atoms with Crippen LogP contribution in [0.2, 0.25) is 0 Å². The monoisotopic (exact) mass is 288 g/mol. The quantitative estimate of drug-likeness (QED) is 0.887. The molecule has 21 heavy (non-hydrogen) atoms. The summed E-state index contributed by atoms with van der Waals surface area (Å²) in [6.45, 7) is 8.30. The zero-order valence-corrected chi connectivity index (χ0v) is 13.7. The average Bonchev–Trinajstić information content (AvgIpc) is 2.40. The summed E-state index contributed by atoms with van der Waals surface area (Å²) in [7, 11) is 0. The van der Waals surface area contributed by atoms with Crippen molar-refractivity contribution in [2.75, 3.05) is 5.32 Å². The maximum atomic E-state index is 11.1. The van der Waals surface area contributed by atoms with Crippen LogP contribution in [0.1, 0.15) is 58.9 Å². The lowest BCUT2D eigenvalue weighted by Crippen LogP contribution is -2.39. The summed E-state index contributed by atoms with van der Waals surface area (Å²) in [5, 5.41) is 6.64. The number of amides is 1. The Kier molecular flexibility index (Phi) is 4.92. The van der Waals surface area contributed by atoms with Crippen LogP contribution in [0.4, 0.5) is 5.69 Å². The minimum Gasteiger partial charge on any atom is -0.382 e. The Labute approximate surface area is 128 Å². The molecule has 2 rings (SSSR count). The number of anilines is 1. The summed E-state index contributed by atoms with van der Waals surface area (Å²) in [6.07, 6.45) is 4.37. The summed E-state index contributed by atoms with van der Waals surface area (Å²) in [5.41, 5.74) is 2.77. The van der Waals surface area contributed by atoms with Crippen molar-refractivity contribution in [3.63, 3.8) is 0 Å². The predicted octanol–water partition coefficient (Wildman–Crippen LogP) is 3.84. The standard InChI is InChI=1S/C18H28N2O/c1-13(21)19-15-9-11-17(12-10-15)20-16-7-5-14(6-8-16)18(2,3)4/h5-8,15,17,20H,9-12H2,1-4H3,(H,19,21). The minimum absolute atomic E-state index is 0.0872. The van der Waals surface area contributed by atoms with Gasteiger partial charge in [-0.2, -0.15) is 0 Å². The number of hydrogen-bond donors (Lipinski definition) is 2. The molecule has 1 amide bonds. The molecule has 0 aromatic heterocycles. The van der Waals surface area contributed by atoms with Gasteiger partial charge in [-0.1, -0.05) is 32.9 Å². The van der Waals surface area contributed by atoms with E-state index in [1.54, 1.807) is 6.92 Å². The average molecular weight is 288 g/mol. The number of benzene rings is 1. The molecule has 1 aromatic carbocycles. The second-order valence-electron chi connectivity index (χ2n) is 7.22. The third kappa shape index (κ3) is 4.76. The van der Waals surface area contributed by atoms with Gasteiger partial charge in [-0.25, -0.2) is 0 Å². The molecule has 0 spiro atoms. The van der Waals surface area contributed by atoms with Crippen molar-refractivity contribution in [3.8, 4) is 0 Å². The number of nitrogens with one attached hydrogen (secondary N) is 2. The fourth-order valence-corrected chi connectivity index (χ4v) is 2.97. The van der Waals surface area contributed by atoms with E-state index in [1.165, 1.54) is 11.3 Å². The largest absolute Gasteiger partial charge is 0.382 e. The van der Waals surface area contributed by atoms with Crippen LogP contribution < -0.4 is 10.6 Å². The highest BCUT2D eigenvalue weighted by atomic mass is 16.1. The Morgan fingerprint density at radius 1 is 1.00 bits per heavy atom. The summed E-state index contributed by atoms with van der Waals surface area (Å²) in [5.74, 6) is 0.0872. The zero-order valence-electron chi connectivity index (χ0n) is 13.7. The first-order chi connectivity index (χ1) is 9.84. The molecule has 0 saturated heterocycles.